The van der Waals surface area contributed by atoms with Crippen LogP contribution in [0.3, 0.4) is 0 Å². The van der Waals surface area contributed by atoms with Gasteiger partial charge in [0.1, 0.15) is 0 Å². The Morgan fingerprint density at radius 3 is 2.26 bits per heavy atom. The summed E-state index contributed by atoms with van der Waals surface area (Å²) in [6.45, 7) is 5.99. The number of hydrogen-bond acceptors (Lipinski definition) is 6. The molecule has 1 aromatic rings. The minimum atomic E-state index is 0.153. The Bertz CT molecular complexity index is 613. The van der Waals surface area contributed by atoms with E-state index in [1.54, 1.807) is 21.3 Å². The van der Waals surface area contributed by atoms with Crippen molar-refractivity contribution in [3.8, 4) is 17.2 Å². The first-order valence-electron chi connectivity index (χ1n) is 9.67. The topological polar surface area (TPSA) is 63.3 Å². The second kappa shape index (κ2) is 9.28. The predicted molar refractivity (Wildman–Crippen MR) is 104 cm³/mol. The quantitative estimate of drug-likeness (QED) is 0.808. The zero-order valence-corrected chi connectivity index (χ0v) is 16.6. The lowest BCUT2D eigenvalue weighted by Gasteiger charge is -2.37. The molecule has 1 aromatic carbocycles. The van der Waals surface area contributed by atoms with Crippen molar-refractivity contribution in [1.29, 1.82) is 0 Å². The van der Waals surface area contributed by atoms with Crippen molar-refractivity contribution in [3.05, 3.63) is 17.7 Å². The van der Waals surface area contributed by atoms with Gasteiger partial charge in [0.25, 0.3) is 0 Å². The van der Waals surface area contributed by atoms with E-state index in [-0.39, 0.29) is 5.92 Å². The number of piperazine rings is 1. The van der Waals surface area contributed by atoms with Crippen LogP contribution in [0.2, 0.25) is 0 Å². The fourth-order valence-electron chi connectivity index (χ4n) is 3.93. The van der Waals surface area contributed by atoms with Gasteiger partial charge in [0, 0.05) is 39.3 Å². The highest BCUT2D eigenvalue weighted by atomic mass is 16.5. The lowest BCUT2D eigenvalue weighted by Crippen LogP contribution is -2.51. The van der Waals surface area contributed by atoms with Crippen molar-refractivity contribution in [3.63, 3.8) is 0 Å². The van der Waals surface area contributed by atoms with Crippen LogP contribution in [0.25, 0.3) is 0 Å². The van der Waals surface area contributed by atoms with Gasteiger partial charge in [-0.15, -0.1) is 0 Å². The molecule has 1 atom stereocenters. The van der Waals surface area contributed by atoms with Gasteiger partial charge in [-0.2, -0.15) is 0 Å². The molecule has 7 heteroatoms. The summed E-state index contributed by atoms with van der Waals surface area (Å²) < 4.78 is 16.3. The summed E-state index contributed by atoms with van der Waals surface area (Å²) in [6.07, 6.45) is 2.11. The van der Waals surface area contributed by atoms with Crippen LogP contribution in [0, 0.1) is 5.92 Å². The molecule has 0 spiro atoms. The summed E-state index contributed by atoms with van der Waals surface area (Å²) in [6, 6.07) is 3.99. The molecular formula is C20H31N3O4. The molecule has 0 saturated carbocycles. The number of nitrogens with one attached hydrogen (secondary N) is 1. The average molecular weight is 377 g/mol. The van der Waals surface area contributed by atoms with Crippen molar-refractivity contribution in [2.24, 2.45) is 5.92 Å². The Labute approximate surface area is 161 Å². The van der Waals surface area contributed by atoms with E-state index in [1.165, 1.54) is 0 Å². The number of rotatable bonds is 6. The third kappa shape index (κ3) is 4.65. The van der Waals surface area contributed by atoms with Crippen molar-refractivity contribution in [2.75, 3.05) is 60.6 Å². The first-order valence-corrected chi connectivity index (χ1v) is 9.67. The molecule has 27 heavy (non-hydrogen) atoms. The highest BCUT2D eigenvalue weighted by molar-refractivity contribution is 5.79. The summed E-state index contributed by atoms with van der Waals surface area (Å²) in [5.74, 6) is 2.42. The molecule has 7 nitrogen and oxygen atoms in total. The molecule has 0 bridgehead atoms. The molecule has 2 heterocycles. The molecule has 2 aliphatic rings. The molecule has 1 amide bonds. The van der Waals surface area contributed by atoms with Crippen LogP contribution in [-0.2, 0) is 11.3 Å². The highest BCUT2D eigenvalue weighted by Gasteiger charge is 2.28. The van der Waals surface area contributed by atoms with E-state index < -0.39 is 0 Å². The molecule has 2 saturated heterocycles. The van der Waals surface area contributed by atoms with E-state index in [2.05, 4.69) is 10.2 Å². The fraction of sp³-hybridized carbons (Fsp3) is 0.650. The molecule has 1 N–H and O–H groups in total. The lowest BCUT2D eigenvalue weighted by molar-refractivity contribution is -0.137. The third-order valence-electron chi connectivity index (χ3n) is 5.46. The zero-order chi connectivity index (χ0) is 19.2. The van der Waals surface area contributed by atoms with E-state index in [0.29, 0.717) is 23.2 Å². The van der Waals surface area contributed by atoms with Crippen LogP contribution in [-0.4, -0.2) is 76.3 Å². The minimum absolute atomic E-state index is 0.153. The van der Waals surface area contributed by atoms with Gasteiger partial charge in [0.2, 0.25) is 11.7 Å². The Morgan fingerprint density at radius 1 is 1.07 bits per heavy atom. The fourth-order valence-corrected chi connectivity index (χ4v) is 3.93. The van der Waals surface area contributed by atoms with Crippen LogP contribution in [0.15, 0.2) is 12.1 Å². The van der Waals surface area contributed by atoms with E-state index in [1.807, 2.05) is 17.0 Å². The van der Waals surface area contributed by atoms with Crippen LogP contribution in [0.5, 0.6) is 17.2 Å². The van der Waals surface area contributed by atoms with Crippen molar-refractivity contribution >= 4 is 5.91 Å². The van der Waals surface area contributed by atoms with E-state index >= 15 is 0 Å². The van der Waals surface area contributed by atoms with Crippen molar-refractivity contribution < 1.29 is 19.0 Å². The lowest BCUT2D eigenvalue weighted by atomic mass is 9.98. The number of carbonyl (C=O) groups is 1. The summed E-state index contributed by atoms with van der Waals surface area (Å²) in [4.78, 5) is 17.1. The average Bonchev–Trinajstić information content (AvgIpc) is 2.73. The second-order valence-corrected chi connectivity index (χ2v) is 7.18. The first kappa shape index (κ1) is 19.8. The number of nitrogens with zero attached hydrogens (tertiary/aromatic N) is 2. The maximum Gasteiger partial charge on any atom is 0.227 e. The standard InChI is InChI=1S/C20H31N3O4/c1-25-17-11-15(12-18(26-2)19(17)27-3)14-22-7-9-23(10-8-22)20(24)16-5-4-6-21-13-16/h11-12,16,21H,4-10,13-14H2,1-3H3. The molecule has 3 rings (SSSR count). The van der Waals surface area contributed by atoms with E-state index in [9.17, 15) is 4.79 Å². The summed E-state index contributed by atoms with van der Waals surface area (Å²) >= 11 is 0. The largest absolute Gasteiger partial charge is 0.493 e. The van der Waals surface area contributed by atoms with Gasteiger partial charge in [-0.3, -0.25) is 9.69 Å². The van der Waals surface area contributed by atoms with Crippen molar-refractivity contribution in [1.82, 2.24) is 15.1 Å². The van der Waals surface area contributed by atoms with E-state index in [0.717, 1.165) is 64.2 Å². The number of ether oxygens (including phenoxy) is 3. The molecular weight excluding hydrogens is 346 g/mol. The number of hydrogen-bond donors (Lipinski definition) is 1. The van der Waals surface area contributed by atoms with Gasteiger partial charge in [0.05, 0.1) is 27.2 Å². The Kier molecular flexibility index (Phi) is 6.79. The Balaban J connectivity index is 1.58. The Hall–Kier alpha value is -1.99. The van der Waals surface area contributed by atoms with Gasteiger partial charge < -0.3 is 24.4 Å². The van der Waals surface area contributed by atoms with Gasteiger partial charge in [0.15, 0.2) is 11.5 Å². The predicted octanol–water partition coefficient (Wildman–Crippen LogP) is 1.36. The maximum absolute atomic E-state index is 12.7. The second-order valence-electron chi connectivity index (χ2n) is 7.18. The SMILES string of the molecule is COc1cc(CN2CCN(C(=O)C3CCCNC3)CC2)cc(OC)c1OC. The first-order chi connectivity index (χ1) is 13.2. The molecule has 0 aliphatic carbocycles. The number of methoxy groups -OCH3 is 3. The minimum Gasteiger partial charge on any atom is -0.493 e. The molecule has 150 valence electrons. The molecule has 1 unspecified atom stereocenters. The van der Waals surface area contributed by atoms with Crippen LogP contribution in [0.1, 0.15) is 18.4 Å². The number of piperidine rings is 1. The van der Waals surface area contributed by atoms with Gasteiger partial charge in [-0.05, 0) is 37.1 Å². The number of amides is 1. The summed E-state index contributed by atoms with van der Waals surface area (Å²) in [7, 11) is 4.87. The van der Waals surface area contributed by atoms with E-state index in [4.69, 9.17) is 14.2 Å². The normalized spacial score (nSPS) is 21.0. The molecule has 0 aromatic heterocycles. The maximum atomic E-state index is 12.7. The van der Waals surface area contributed by atoms with Crippen LogP contribution < -0.4 is 19.5 Å². The summed E-state index contributed by atoms with van der Waals surface area (Å²) in [5, 5.41) is 3.34. The highest BCUT2D eigenvalue weighted by Crippen LogP contribution is 2.38. The zero-order valence-electron chi connectivity index (χ0n) is 16.6. The number of benzene rings is 1. The smallest absolute Gasteiger partial charge is 0.227 e. The monoisotopic (exact) mass is 377 g/mol. The Morgan fingerprint density at radius 2 is 1.74 bits per heavy atom. The van der Waals surface area contributed by atoms with Gasteiger partial charge >= 0.3 is 0 Å². The van der Waals surface area contributed by atoms with Crippen molar-refractivity contribution in [2.45, 2.75) is 19.4 Å². The molecule has 0 radical (unpaired) electrons. The summed E-state index contributed by atoms with van der Waals surface area (Å²) in [5.41, 5.74) is 1.11. The van der Waals surface area contributed by atoms with Crippen LogP contribution in [0.4, 0.5) is 0 Å². The third-order valence-corrected chi connectivity index (χ3v) is 5.46. The van der Waals surface area contributed by atoms with Gasteiger partial charge in [-0.25, -0.2) is 0 Å². The number of carbonyl (C=O) groups excluding carboxylic acids is 1. The van der Waals surface area contributed by atoms with Gasteiger partial charge in [-0.1, -0.05) is 0 Å². The van der Waals surface area contributed by atoms with Crippen LogP contribution >= 0.6 is 0 Å². The molecule has 2 aliphatic heterocycles. The molecule has 2 fully saturated rings.